The molecule has 29 heavy (non-hydrogen) atoms. The van der Waals surface area contributed by atoms with Crippen LogP contribution >= 0.6 is 46.7 Å². The van der Waals surface area contributed by atoms with E-state index in [0.717, 1.165) is 29.8 Å². The number of ether oxygens (including phenoxy) is 1. The van der Waals surface area contributed by atoms with Gasteiger partial charge in [-0.2, -0.15) is 0 Å². The Morgan fingerprint density at radius 2 is 2.10 bits per heavy atom. The number of nitrogens with one attached hydrogen (secondary N) is 1. The molecule has 3 rings (SSSR count). The first kappa shape index (κ1) is 24.6. The predicted octanol–water partition coefficient (Wildman–Crippen LogP) is 5.44. The summed E-state index contributed by atoms with van der Waals surface area (Å²) in [5.41, 5.74) is 1.30. The maximum absolute atomic E-state index is 5.37. The van der Waals surface area contributed by atoms with Crippen molar-refractivity contribution < 1.29 is 4.74 Å². The Hall–Kier alpha value is -0.710. The number of methoxy groups -OCH3 is 1. The lowest BCUT2D eigenvalue weighted by molar-refractivity contribution is 0.119. The minimum Gasteiger partial charge on any atom is -0.375 e. The van der Waals surface area contributed by atoms with Crippen LogP contribution < -0.4 is 5.32 Å². The van der Waals surface area contributed by atoms with Crippen molar-refractivity contribution in [2.24, 2.45) is 4.99 Å². The van der Waals surface area contributed by atoms with Crippen molar-refractivity contribution in [2.45, 2.75) is 57.1 Å². The van der Waals surface area contributed by atoms with E-state index in [2.05, 4.69) is 45.1 Å². The van der Waals surface area contributed by atoms with Gasteiger partial charge in [0.05, 0.1) is 12.2 Å². The van der Waals surface area contributed by atoms with E-state index < -0.39 is 0 Å². The Morgan fingerprint density at radius 3 is 2.72 bits per heavy atom. The number of aliphatic imine (C=N–C) groups is 1. The largest absolute Gasteiger partial charge is 0.375 e. The molecule has 0 spiro atoms. The Bertz CT molecular complexity index is 757. The number of halogens is 1. The van der Waals surface area contributed by atoms with Gasteiger partial charge in [0.15, 0.2) is 5.96 Å². The number of aromatic nitrogens is 1. The second kappa shape index (κ2) is 11.6. The van der Waals surface area contributed by atoms with Crippen molar-refractivity contribution in [3.05, 3.63) is 38.5 Å². The van der Waals surface area contributed by atoms with Crippen molar-refractivity contribution >= 4 is 52.6 Å². The highest BCUT2D eigenvalue weighted by Gasteiger charge is 2.35. The van der Waals surface area contributed by atoms with Crippen LogP contribution in [0.1, 0.15) is 60.7 Å². The molecule has 0 amide bonds. The van der Waals surface area contributed by atoms with Gasteiger partial charge in [-0.3, -0.25) is 4.99 Å². The van der Waals surface area contributed by atoms with E-state index >= 15 is 0 Å². The number of thiophene rings is 1. The molecule has 1 fully saturated rings. The summed E-state index contributed by atoms with van der Waals surface area (Å²) in [4.78, 5) is 12.9. The molecule has 0 bridgehead atoms. The zero-order chi connectivity index (χ0) is 20.0. The average Bonchev–Trinajstić information content (AvgIpc) is 3.41. The van der Waals surface area contributed by atoms with E-state index in [9.17, 15) is 0 Å². The van der Waals surface area contributed by atoms with Crippen molar-refractivity contribution in [1.82, 2.24) is 15.2 Å². The standard InChI is InChI=1S/C21H32N4OS2.HI/c1-16(26-4)19-24-17(14-28-19)13-25(3)20(22-2)23-15-21(10-6-5-7-11-21)18-9-8-12-27-18;/h8-9,12,14,16H,5-7,10-11,13,15H2,1-4H3,(H,22,23);1H. The molecule has 1 aliphatic carbocycles. The van der Waals surface area contributed by atoms with Crippen LogP contribution in [0.2, 0.25) is 0 Å². The number of nitrogens with zero attached hydrogens (tertiary/aromatic N) is 3. The van der Waals surface area contributed by atoms with Crippen LogP contribution in [0.4, 0.5) is 0 Å². The summed E-state index contributed by atoms with van der Waals surface area (Å²) in [5, 5.41) is 9.00. The summed E-state index contributed by atoms with van der Waals surface area (Å²) in [6.45, 7) is 3.70. The topological polar surface area (TPSA) is 49.8 Å². The quantitative estimate of drug-likeness (QED) is 0.285. The monoisotopic (exact) mass is 548 g/mol. The summed E-state index contributed by atoms with van der Waals surface area (Å²) < 4.78 is 5.37. The van der Waals surface area contributed by atoms with Crippen LogP contribution in [-0.2, 0) is 16.7 Å². The molecular formula is C21H33IN4OS2. The molecule has 1 atom stereocenters. The van der Waals surface area contributed by atoms with Gasteiger partial charge in [0, 0.05) is 43.4 Å². The fourth-order valence-corrected chi connectivity index (χ4v) is 5.78. The molecule has 2 heterocycles. The lowest BCUT2D eigenvalue weighted by Gasteiger charge is -2.38. The zero-order valence-electron chi connectivity index (χ0n) is 17.8. The van der Waals surface area contributed by atoms with Gasteiger partial charge in [0.25, 0.3) is 0 Å². The van der Waals surface area contributed by atoms with Crippen LogP contribution in [0.5, 0.6) is 0 Å². The van der Waals surface area contributed by atoms with E-state index in [1.165, 1.54) is 37.0 Å². The van der Waals surface area contributed by atoms with Gasteiger partial charge in [0.2, 0.25) is 0 Å². The van der Waals surface area contributed by atoms with Gasteiger partial charge in [-0.25, -0.2) is 4.98 Å². The fraction of sp³-hybridized carbons (Fsp3) is 0.619. The molecule has 2 aromatic rings. The minimum absolute atomic E-state index is 0. The number of hydrogen-bond donors (Lipinski definition) is 1. The average molecular weight is 549 g/mol. The van der Waals surface area contributed by atoms with Gasteiger partial charge in [0.1, 0.15) is 11.1 Å². The summed E-state index contributed by atoms with van der Waals surface area (Å²) in [7, 11) is 5.65. The van der Waals surface area contributed by atoms with Crippen molar-refractivity contribution in [1.29, 1.82) is 0 Å². The summed E-state index contributed by atoms with van der Waals surface area (Å²) in [5.74, 6) is 0.927. The molecule has 162 valence electrons. The summed E-state index contributed by atoms with van der Waals surface area (Å²) in [6, 6.07) is 4.48. The number of hydrogen-bond acceptors (Lipinski definition) is 5. The van der Waals surface area contributed by atoms with Crippen LogP contribution in [0, 0.1) is 0 Å². The lowest BCUT2D eigenvalue weighted by Crippen LogP contribution is -2.46. The van der Waals surface area contributed by atoms with Gasteiger partial charge in [-0.05, 0) is 31.2 Å². The molecule has 0 aromatic carbocycles. The highest BCUT2D eigenvalue weighted by molar-refractivity contribution is 14.0. The number of guanidine groups is 1. The molecule has 0 saturated heterocycles. The molecule has 1 aliphatic rings. The highest BCUT2D eigenvalue weighted by Crippen LogP contribution is 2.41. The normalized spacial score (nSPS) is 17.4. The molecule has 8 heteroatoms. The maximum Gasteiger partial charge on any atom is 0.193 e. The Kier molecular flexibility index (Phi) is 9.84. The van der Waals surface area contributed by atoms with Crippen molar-refractivity contribution in [3.8, 4) is 0 Å². The molecule has 1 saturated carbocycles. The molecule has 0 aliphatic heterocycles. The Labute approximate surface area is 200 Å². The molecule has 0 radical (unpaired) electrons. The van der Waals surface area contributed by atoms with Crippen molar-refractivity contribution in [3.63, 3.8) is 0 Å². The second-order valence-corrected chi connectivity index (χ2v) is 9.47. The van der Waals surface area contributed by atoms with Crippen LogP contribution in [-0.4, -0.2) is 43.6 Å². The first-order valence-corrected chi connectivity index (χ1v) is 11.8. The third-order valence-electron chi connectivity index (χ3n) is 5.68. The first-order chi connectivity index (χ1) is 13.6. The number of rotatable bonds is 7. The van der Waals surface area contributed by atoms with Gasteiger partial charge in [-0.15, -0.1) is 46.7 Å². The maximum atomic E-state index is 5.37. The molecular weight excluding hydrogens is 515 g/mol. The summed E-state index contributed by atoms with van der Waals surface area (Å²) >= 11 is 3.55. The molecule has 1 N–H and O–H groups in total. The summed E-state index contributed by atoms with van der Waals surface area (Å²) in [6.07, 6.45) is 6.53. The van der Waals surface area contributed by atoms with Gasteiger partial charge >= 0.3 is 0 Å². The predicted molar refractivity (Wildman–Crippen MR) is 135 cm³/mol. The molecule has 2 aromatic heterocycles. The fourth-order valence-electron chi connectivity index (χ4n) is 3.95. The Balaban J connectivity index is 0.00000300. The SMILES string of the molecule is CN=C(NCC1(c2cccs2)CCCCC1)N(C)Cc1csc(C(C)OC)n1.I. The van der Waals surface area contributed by atoms with E-state index in [1.807, 2.05) is 25.3 Å². The first-order valence-electron chi connectivity index (χ1n) is 10.0. The van der Waals surface area contributed by atoms with Crippen LogP contribution in [0.15, 0.2) is 27.9 Å². The van der Waals surface area contributed by atoms with Crippen LogP contribution in [0.25, 0.3) is 0 Å². The van der Waals surface area contributed by atoms with E-state index in [-0.39, 0.29) is 35.5 Å². The lowest BCUT2D eigenvalue weighted by atomic mass is 9.73. The van der Waals surface area contributed by atoms with E-state index in [4.69, 9.17) is 9.72 Å². The van der Waals surface area contributed by atoms with Gasteiger partial charge in [-0.1, -0.05) is 25.3 Å². The third kappa shape index (κ3) is 6.15. The second-order valence-electron chi connectivity index (χ2n) is 7.63. The van der Waals surface area contributed by atoms with E-state index in [0.29, 0.717) is 0 Å². The molecule has 5 nitrogen and oxygen atoms in total. The van der Waals surface area contributed by atoms with Crippen LogP contribution in [0.3, 0.4) is 0 Å². The third-order valence-corrected chi connectivity index (χ3v) is 7.85. The zero-order valence-corrected chi connectivity index (χ0v) is 21.8. The highest BCUT2D eigenvalue weighted by atomic mass is 127. The Morgan fingerprint density at radius 1 is 1.34 bits per heavy atom. The minimum atomic E-state index is 0. The smallest absolute Gasteiger partial charge is 0.193 e. The van der Waals surface area contributed by atoms with Gasteiger partial charge < -0.3 is 15.0 Å². The molecule has 1 unspecified atom stereocenters. The van der Waals surface area contributed by atoms with Crippen molar-refractivity contribution in [2.75, 3.05) is 27.7 Å². The van der Waals surface area contributed by atoms with E-state index in [1.54, 1.807) is 18.4 Å². The number of thiazole rings is 1.